The lowest BCUT2D eigenvalue weighted by Crippen LogP contribution is -2.03. The number of benzene rings is 1. The molecule has 0 aliphatic carbocycles. The molecule has 1 nitrogen and oxygen atoms in total. The van der Waals surface area contributed by atoms with Crippen LogP contribution in [0.25, 0.3) is 0 Å². The van der Waals surface area contributed by atoms with Crippen LogP contribution in [-0.4, -0.2) is 4.57 Å². The first-order valence-electron chi connectivity index (χ1n) is 5.35. The molecule has 2 rings (SSSR count). The number of aryl methyl sites for hydroxylation is 3. The molecule has 2 aromatic rings. The van der Waals surface area contributed by atoms with Gasteiger partial charge in [0.25, 0.3) is 0 Å². The van der Waals surface area contributed by atoms with E-state index in [2.05, 4.69) is 61.7 Å². The van der Waals surface area contributed by atoms with Crippen molar-refractivity contribution in [2.45, 2.75) is 27.3 Å². The van der Waals surface area contributed by atoms with Gasteiger partial charge in [0.15, 0.2) is 0 Å². The molecule has 0 atom stereocenters. The van der Waals surface area contributed by atoms with Crippen LogP contribution in [0, 0.1) is 20.8 Å². The third kappa shape index (κ3) is 2.12. The average Bonchev–Trinajstić information content (AvgIpc) is 2.53. The molecule has 78 valence electrons. The summed E-state index contributed by atoms with van der Waals surface area (Å²) in [7, 11) is 0. The smallest absolute Gasteiger partial charge is 0.0475 e. The molecule has 1 aromatic heterocycles. The van der Waals surface area contributed by atoms with Gasteiger partial charge < -0.3 is 4.57 Å². The lowest BCUT2D eigenvalue weighted by molar-refractivity contribution is 0.749. The van der Waals surface area contributed by atoms with E-state index in [0.717, 1.165) is 6.54 Å². The highest BCUT2D eigenvalue weighted by Gasteiger charge is 2.01. The fourth-order valence-electron chi connectivity index (χ4n) is 1.82. The van der Waals surface area contributed by atoms with Crippen LogP contribution in [0.3, 0.4) is 0 Å². The van der Waals surface area contributed by atoms with Gasteiger partial charge in [-0.2, -0.15) is 0 Å². The van der Waals surface area contributed by atoms with E-state index >= 15 is 0 Å². The van der Waals surface area contributed by atoms with Gasteiger partial charge in [-0.3, -0.25) is 0 Å². The van der Waals surface area contributed by atoms with Crippen molar-refractivity contribution in [1.82, 2.24) is 4.57 Å². The molecule has 0 saturated heterocycles. The molecule has 0 bridgehead atoms. The maximum atomic E-state index is 2.34. The molecule has 15 heavy (non-hydrogen) atoms. The zero-order valence-electron chi connectivity index (χ0n) is 9.62. The van der Waals surface area contributed by atoms with Crippen molar-refractivity contribution in [2.75, 3.05) is 0 Å². The maximum absolute atomic E-state index is 2.34. The van der Waals surface area contributed by atoms with E-state index in [-0.39, 0.29) is 0 Å². The molecule has 0 amide bonds. The van der Waals surface area contributed by atoms with Crippen LogP contribution in [0.15, 0.2) is 36.4 Å². The number of hydrogen-bond acceptors (Lipinski definition) is 0. The second-order valence-corrected chi connectivity index (χ2v) is 4.19. The lowest BCUT2D eigenvalue weighted by Gasteiger charge is -2.09. The van der Waals surface area contributed by atoms with Gasteiger partial charge in [-0.05, 0) is 38.5 Å². The SMILES string of the molecule is Cc1ccc(Cn2c(C)ccc2C)cc1. The summed E-state index contributed by atoms with van der Waals surface area (Å²) in [6, 6.07) is 13.1. The zero-order chi connectivity index (χ0) is 10.8. The minimum absolute atomic E-state index is 0.977. The number of hydrogen-bond donors (Lipinski definition) is 0. The molecule has 0 saturated carbocycles. The maximum Gasteiger partial charge on any atom is 0.0475 e. The Morgan fingerprint density at radius 3 is 1.87 bits per heavy atom. The second-order valence-electron chi connectivity index (χ2n) is 4.19. The fraction of sp³-hybridized carbons (Fsp3) is 0.286. The van der Waals surface area contributed by atoms with E-state index < -0.39 is 0 Å². The van der Waals surface area contributed by atoms with Gasteiger partial charge in [0, 0.05) is 17.9 Å². The van der Waals surface area contributed by atoms with Crippen LogP contribution >= 0.6 is 0 Å². The molecule has 1 heteroatoms. The molecule has 1 heterocycles. The fourth-order valence-corrected chi connectivity index (χ4v) is 1.82. The monoisotopic (exact) mass is 199 g/mol. The van der Waals surface area contributed by atoms with Crippen LogP contribution in [-0.2, 0) is 6.54 Å². The van der Waals surface area contributed by atoms with Gasteiger partial charge >= 0.3 is 0 Å². The summed E-state index contributed by atoms with van der Waals surface area (Å²) in [5.41, 5.74) is 5.34. The normalized spacial score (nSPS) is 10.6. The predicted octanol–water partition coefficient (Wildman–Crippen LogP) is 3.46. The van der Waals surface area contributed by atoms with Gasteiger partial charge in [0.1, 0.15) is 0 Å². The zero-order valence-corrected chi connectivity index (χ0v) is 9.62. The first-order chi connectivity index (χ1) is 7.16. The van der Waals surface area contributed by atoms with E-state index in [4.69, 9.17) is 0 Å². The molecule has 0 aliphatic rings. The molecule has 0 radical (unpaired) electrons. The van der Waals surface area contributed by atoms with Crippen LogP contribution in [0.2, 0.25) is 0 Å². The minimum atomic E-state index is 0.977. The van der Waals surface area contributed by atoms with E-state index in [1.165, 1.54) is 22.5 Å². The molecule has 0 aliphatic heterocycles. The van der Waals surface area contributed by atoms with Crippen molar-refractivity contribution in [3.63, 3.8) is 0 Å². The Labute approximate surface area is 91.4 Å². The number of nitrogens with zero attached hydrogens (tertiary/aromatic N) is 1. The van der Waals surface area contributed by atoms with E-state index in [1.807, 2.05) is 0 Å². The summed E-state index contributed by atoms with van der Waals surface area (Å²) in [6.07, 6.45) is 0. The highest BCUT2D eigenvalue weighted by Crippen LogP contribution is 2.11. The van der Waals surface area contributed by atoms with Gasteiger partial charge in [-0.15, -0.1) is 0 Å². The molecule has 0 spiro atoms. The van der Waals surface area contributed by atoms with Crippen molar-refractivity contribution >= 4 is 0 Å². The third-order valence-electron chi connectivity index (χ3n) is 2.88. The Morgan fingerprint density at radius 2 is 1.33 bits per heavy atom. The Kier molecular flexibility index (Phi) is 2.63. The van der Waals surface area contributed by atoms with Gasteiger partial charge in [0.05, 0.1) is 0 Å². The second kappa shape index (κ2) is 3.93. The molecular formula is C14H17N. The van der Waals surface area contributed by atoms with Crippen molar-refractivity contribution < 1.29 is 0 Å². The predicted molar refractivity (Wildman–Crippen MR) is 64.2 cm³/mol. The van der Waals surface area contributed by atoms with Crippen molar-refractivity contribution in [2.24, 2.45) is 0 Å². The number of aromatic nitrogens is 1. The minimum Gasteiger partial charge on any atom is -0.345 e. The summed E-state index contributed by atoms with van der Waals surface area (Å²) >= 11 is 0. The van der Waals surface area contributed by atoms with Gasteiger partial charge in [0.2, 0.25) is 0 Å². The van der Waals surface area contributed by atoms with Crippen molar-refractivity contribution in [3.05, 3.63) is 58.9 Å². The van der Waals surface area contributed by atoms with Crippen molar-refractivity contribution in [1.29, 1.82) is 0 Å². The van der Waals surface area contributed by atoms with Crippen LogP contribution in [0.1, 0.15) is 22.5 Å². The Morgan fingerprint density at radius 1 is 0.800 bits per heavy atom. The topological polar surface area (TPSA) is 4.93 Å². The summed E-state index contributed by atoms with van der Waals surface area (Å²) < 4.78 is 2.34. The molecule has 0 fully saturated rings. The van der Waals surface area contributed by atoms with E-state index in [9.17, 15) is 0 Å². The Balaban J connectivity index is 2.25. The first kappa shape index (κ1) is 10.0. The quantitative estimate of drug-likeness (QED) is 0.698. The molecule has 0 unspecified atom stereocenters. The number of rotatable bonds is 2. The van der Waals surface area contributed by atoms with Crippen LogP contribution in [0.4, 0.5) is 0 Å². The third-order valence-corrected chi connectivity index (χ3v) is 2.88. The van der Waals surface area contributed by atoms with Gasteiger partial charge in [-0.25, -0.2) is 0 Å². The first-order valence-corrected chi connectivity index (χ1v) is 5.35. The summed E-state index contributed by atoms with van der Waals surface area (Å²) in [5, 5.41) is 0. The highest BCUT2D eigenvalue weighted by molar-refractivity contribution is 5.23. The Hall–Kier alpha value is -1.50. The molecule has 1 aromatic carbocycles. The largest absolute Gasteiger partial charge is 0.345 e. The van der Waals surface area contributed by atoms with Crippen molar-refractivity contribution in [3.8, 4) is 0 Å². The Bertz CT molecular complexity index is 429. The average molecular weight is 199 g/mol. The molecular weight excluding hydrogens is 182 g/mol. The van der Waals surface area contributed by atoms with Crippen LogP contribution in [0.5, 0.6) is 0 Å². The summed E-state index contributed by atoms with van der Waals surface area (Å²) in [4.78, 5) is 0. The standard InChI is InChI=1S/C14H17N/c1-11-4-8-14(9-5-11)10-15-12(2)6-7-13(15)3/h4-9H,10H2,1-3H3. The van der Waals surface area contributed by atoms with Gasteiger partial charge in [-0.1, -0.05) is 29.8 Å². The highest BCUT2D eigenvalue weighted by atomic mass is 15.0. The van der Waals surface area contributed by atoms with E-state index in [1.54, 1.807) is 0 Å². The molecule has 0 N–H and O–H groups in total. The van der Waals surface area contributed by atoms with Crippen LogP contribution < -0.4 is 0 Å². The van der Waals surface area contributed by atoms with E-state index in [0.29, 0.717) is 0 Å². The summed E-state index contributed by atoms with van der Waals surface area (Å²) in [5.74, 6) is 0. The summed E-state index contributed by atoms with van der Waals surface area (Å²) in [6.45, 7) is 7.41. The lowest BCUT2D eigenvalue weighted by atomic mass is 10.1.